The summed E-state index contributed by atoms with van der Waals surface area (Å²) < 4.78 is 41.6. The molecule has 1 aliphatic heterocycles. The summed E-state index contributed by atoms with van der Waals surface area (Å²) in [5, 5.41) is 3.21. The molecule has 2 rings (SSSR count). The Labute approximate surface area is 110 Å². The van der Waals surface area contributed by atoms with Crippen molar-refractivity contribution in [3.05, 3.63) is 29.8 Å². The molecule has 106 valence electrons. The summed E-state index contributed by atoms with van der Waals surface area (Å²) in [5.74, 6) is 0.0941. The average Bonchev–Trinajstić information content (AvgIpc) is 2.42. The molecular weight excluding hydrogens is 257 g/mol. The number of ether oxygens (including phenoxy) is 1. The van der Waals surface area contributed by atoms with Gasteiger partial charge in [0.15, 0.2) is 0 Å². The zero-order valence-electron chi connectivity index (χ0n) is 10.5. The molecule has 0 saturated carbocycles. The predicted molar refractivity (Wildman–Crippen MR) is 66.2 cm³/mol. The first kappa shape index (κ1) is 14.1. The van der Waals surface area contributed by atoms with Gasteiger partial charge in [0.2, 0.25) is 0 Å². The van der Waals surface area contributed by atoms with Crippen LogP contribution in [0, 0.1) is 0 Å². The Hall–Kier alpha value is -1.27. The number of hydrogen-bond acceptors (Lipinski definition) is 3. The van der Waals surface area contributed by atoms with Gasteiger partial charge >= 0.3 is 6.61 Å². The summed E-state index contributed by atoms with van der Waals surface area (Å²) >= 11 is 0. The Morgan fingerprint density at radius 1 is 1.16 bits per heavy atom. The molecule has 0 amide bonds. The van der Waals surface area contributed by atoms with E-state index in [1.807, 2.05) is 0 Å². The molecule has 3 nitrogen and oxygen atoms in total. The second kappa shape index (κ2) is 6.77. The number of nitrogens with one attached hydrogen (secondary N) is 1. The number of benzene rings is 1. The van der Waals surface area contributed by atoms with Crippen molar-refractivity contribution in [2.24, 2.45) is 0 Å². The zero-order valence-corrected chi connectivity index (χ0v) is 10.5. The molecule has 1 saturated heterocycles. The number of nitrogens with zero attached hydrogens (tertiary/aromatic N) is 1. The van der Waals surface area contributed by atoms with E-state index < -0.39 is 13.3 Å². The molecule has 1 aromatic carbocycles. The normalized spacial score (nSPS) is 18.5. The second-order valence-electron chi connectivity index (χ2n) is 4.40. The third kappa shape index (κ3) is 3.84. The molecule has 0 unspecified atom stereocenters. The van der Waals surface area contributed by atoms with Gasteiger partial charge in [-0.15, -0.1) is 0 Å². The van der Waals surface area contributed by atoms with Gasteiger partial charge in [-0.2, -0.15) is 8.78 Å². The van der Waals surface area contributed by atoms with Crippen molar-refractivity contribution in [3.8, 4) is 5.75 Å². The van der Waals surface area contributed by atoms with E-state index in [2.05, 4.69) is 15.0 Å². The number of piperazine rings is 1. The Morgan fingerprint density at radius 2 is 1.79 bits per heavy atom. The fourth-order valence-corrected chi connectivity index (χ4v) is 2.26. The summed E-state index contributed by atoms with van der Waals surface area (Å²) in [6, 6.07) is 5.87. The molecule has 19 heavy (non-hydrogen) atoms. The van der Waals surface area contributed by atoms with Crippen LogP contribution in [0.1, 0.15) is 11.6 Å². The van der Waals surface area contributed by atoms with Crippen molar-refractivity contribution in [2.75, 3.05) is 32.9 Å². The topological polar surface area (TPSA) is 24.5 Å². The van der Waals surface area contributed by atoms with Crippen molar-refractivity contribution >= 4 is 0 Å². The molecule has 0 aliphatic carbocycles. The van der Waals surface area contributed by atoms with Crippen molar-refractivity contribution in [1.82, 2.24) is 10.2 Å². The van der Waals surface area contributed by atoms with E-state index in [0.29, 0.717) is 0 Å². The van der Waals surface area contributed by atoms with Crippen LogP contribution in [0.2, 0.25) is 0 Å². The molecule has 0 spiro atoms. The highest BCUT2D eigenvalue weighted by atomic mass is 19.3. The SMILES string of the molecule is FC[C@H](c1ccc(OC(F)F)cc1)N1CCNCC1. The monoisotopic (exact) mass is 274 g/mol. The van der Waals surface area contributed by atoms with Crippen LogP contribution >= 0.6 is 0 Å². The Morgan fingerprint density at radius 3 is 2.32 bits per heavy atom. The second-order valence-corrected chi connectivity index (χ2v) is 4.40. The first-order chi connectivity index (χ1) is 9.20. The highest BCUT2D eigenvalue weighted by Gasteiger charge is 2.22. The van der Waals surface area contributed by atoms with Gasteiger partial charge in [0, 0.05) is 26.2 Å². The van der Waals surface area contributed by atoms with Crippen LogP contribution < -0.4 is 10.1 Å². The maximum absolute atomic E-state index is 13.2. The predicted octanol–water partition coefficient (Wildman–Crippen LogP) is 2.20. The minimum absolute atomic E-state index is 0.0941. The van der Waals surface area contributed by atoms with Crippen LogP contribution in [-0.2, 0) is 0 Å². The van der Waals surface area contributed by atoms with E-state index >= 15 is 0 Å². The lowest BCUT2D eigenvalue weighted by Gasteiger charge is -2.33. The number of rotatable bonds is 5. The third-order valence-corrected chi connectivity index (χ3v) is 3.23. The summed E-state index contributed by atoms with van der Waals surface area (Å²) in [4.78, 5) is 2.06. The summed E-state index contributed by atoms with van der Waals surface area (Å²) in [6.07, 6.45) is 0. The fourth-order valence-electron chi connectivity index (χ4n) is 2.26. The zero-order chi connectivity index (χ0) is 13.7. The maximum Gasteiger partial charge on any atom is 0.387 e. The van der Waals surface area contributed by atoms with Crippen molar-refractivity contribution in [2.45, 2.75) is 12.7 Å². The molecule has 1 fully saturated rings. The first-order valence-corrected chi connectivity index (χ1v) is 6.26. The summed E-state index contributed by atoms with van der Waals surface area (Å²) in [7, 11) is 0. The lowest BCUT2D eigenvalue weighted by molar-refractivity contribution is -0.0498. The molecule has 0 radical (unpaired) electrons. The Kier molecular flexibility index (Phi) is 5.04. The molecule has 6 heteroatoms. The number of alkyl halides is 3. The molecule has 1 aromatic rings. The van der Waals surface area contributed by atoms with E-state index in [1.54, 1.807) is 12.1 Å². The van der Waals surface area contributed by atoms with Crippen molar-refractivity contribution < 1.29 is 17.9 Å². The van der Waals surface area contributed by atoms with Gasteiger partial charge in [0.25, 0.3) is 0 Å². The van der Waals surface area contributed by atoms with Crippen molar-refractivity contribution in [1.29, 1.82) is 0 Å². The molecule has 1 atom stereocenters. The van der Waals surface area contributed by atoms with Gasteiger partial charge < -0.3 is 10.1 Å². The Bertz CT molecular complexity index is 380. The molecular formula is C13H17F3N2O. The molecule has 1 heterocycles. The number of halogens is 3. The minimum Gasteiger partial charge on any atom is -0.435 e. The number of hydrogen-bond donors (Lipinski definition) is 1. The molecule has 0 aromatic heterocycles. The average molecular weight is 274 g/mol. The maximum atomic E-state index is 13.2. The van der Waals surface area contributed by atoms with Crippen LogP contribution in [0.4, 0.5) is 13.2 Å². The summed E-state index contributed by atoms with van der Waals surface area (Å²) in [5.41, 5.74) is 0.783. The van der Waals surface area contributed by atoms with E-state index in [9.17, 15) is 13.2 Å². The van der Waals surface area contributed by atoms with E-state index in [0.717, 1.165) is 31.7 Å². The summed E-state index contributed by atoms with van der Waals surface area (Å²) in [6.45, 7) is -0.0921. The van der Waals surface area contributed by atoms with Crippen LogP contribution in [0.3, 0.4) is 0 Å². The van der Waals surface area contributed by atoms with Gasteiger partial charge in [-0.3, -0.25) is 4.90 Å². The first-order valence-electron chi connectivity index (χ1n) is 6.26. The van der Waals surface area contributed by atoms with Crippen molar-refractivity contribution in [3.63, 3.8) is 0 Å². The highest BCUT2D eigenvalue weighted by molar-refractivity contribution is 5.29. The van der Waals surface area contributed by atoms with Crippen LogP contribution in [0.15, 0.2) is 24.3 Å². The van der Waals surface area contributed by atoms with Gasteiger partial charge in [-0.25, -0.2) is 4.39 Å². The molecule has 1 N–H and O–H groups in total. The lowest BCUT2D eigenvalue weighted by atomic mass is 10.1. The minimum atomic E-state index is -2.84. The fraction of sp³-hybridized carbons (Fsp3) is 0.538. The van der Waals surface area contributed by atoms with Gasteiger partial charge in [-0.1, -0.05) is 12.1 Å². The highest BCUT2D eigenvalue weighted by Crippen LogP contribution is 2.24. The van der Waals surface area contributed by atoms with Crippen LogP contribution in [0.25, 0.3) is 0 Å². The quantitative estimate of drug-likeness (QED) is 0.891. The van der Waals surface area contributed by atoms with Crippen LogP contribution in [0.5, 0.6) is 5.75 Å². The standard InChI is InChI=1S/C13H17F3N2O/c14-9-12(18-7-5-17-6-8-18)10-1-3-11(4-2-10)19-13(15)16/h1-4,12-13,17H,5-9H2/t12-/m1/s1. The van der Waals surface area contributed by atoms with Gasteiger partial charge in [0.1, 0.15) is 12.4 Å². The van der Waals surface area contributed by atoms with E-state index in [4.69, 9.17) is 0 Å². The lowest BCUT2D eigenvalue weighted by Crippen LogP contribution is -2.45. The van der Waals surface area contributed by atoms with E-state index in [-0.39, 0.29) is 11.8 Å². The smallest absolute Gasteiger partial charge is 0.387 e. The van der Waals surface area contributed by atoms with Crippen LogP contribution in [-0.4, -0.2) is 44.4 Å². The van der Waals surface area contributed by atoms with Gasteiger partial charge in [0.05, 0.1) is 6.04 Å². The molecule has 0 bridgehead atoms. The van der Waals surface area contributed by atoms with E-state index in [1.165, 1.54) is 12.1 Å². The van der Waals surface area contributed by atoms with Gasteiger partial charge in [-0.05, 0) is 17.7 Å². The Balaban J connectivity index is 2.05. The third-order valence-electron chi connectivity index (χ3n) is 3.23. The molecule has 1 aliphatic rings. The largest absolute Gasteiger partial charge is 0.435 e.